The molecular formula is C27H46O. The van der Waals surface area contributed by atoms with Gasteiger partial charge in [0.1, 0.15) is 0 Å². The van der Waals surface area contributed by atoms with E-state index in [1.165, 1.54) is 69.8 Å². The van der Waals surface area contributed by atoms with E-state index in [4.69, 9.17) is 0 Å². The minimum absolute atomic E-state index is 0.148. The zero-order chi connectivity index (χ0) is 20.1. The van der Waals surface area contributed by atoms with Gasteiger partial charge < -0.3 is 5.11 Å². The normalized spacial score (nSPS) is 46.5. The van der Waals surface area contributed by atoms with Crippen molar-refractivity contribution >= 4 is 0 Å². The first-order valence-electron chi connectivity index (χ1n) is 12.7. The standard InChI is InChI=1S/C27H46O/c1-18(2)8-6-9-19(3)21-13-14-22-20-11-12-24-25(28)10-7-16-26(24,4)23(20)15-17-27(21,22)5/h12,18-23,25,28H,6-11,13-17H2,1-5H3/t19-,20?,21-,22?,23?,25?,26-,27-/m1/s1. The Morgan fingerprint density at radius 1 is 1.00 bits per heavy atom. The topological polar surface area (TPSA) is 20.2 Å². The van der Waals surface area contributed by atoms with Crippen molar-refractivity contribution in [1.82, 2.24) is 0 Å². The van der Waals surface area contributed by atoms with Gasteiger partial charge in [-0.15, -0.1) is 0 Å². The number of rotatable bonds is 5. The van der Waals surface area contributed by atoms with E-state index in [0.29, 0.717) is 10.8 Å². The lowest BCUT2D eigenvalue weighted by atomic mass is 9.47. The summed E-state index contributed by atoms with van der Waals surface area (Å²) in [6.07, 6.45) is 17.2. The van der Waals surface area contributed by atoms with Crippen LogP contribution in [0.2, 0.25) is 0 Å². The van der Waals surface area contributed by atoms with Gasteiger partial charge in [0.25, 0.3) is 0 Å². The Morgan fingerprint density at radius 2 is 1.79 bits per heavy atom. The van der Waals surface area contributed by atoms with Gasteiger partial charge in [-0.05, 0) is 103 Å². The van der Waals surface area contributed by atoms with Gasteiger partial charge >= 0.3 is 0 Å². The van der Waals surface area contributed by atoms with Crippen LogP contribution < -0.4 is 0 Å². The van der Waals surface area contributed by atoms with Crippen LogP contribution in [0.4, 0.5) is 0 Å². The van der Waals surface area contributed by atoms with Gasteiger partial charge in [-0.1, -0.05) is 60.0 Å². The van der Waals surface area contributed by atoms with Gasteiger partial charge in [-0.25, -0.2) is 0 Å². The molecule has 0 aliphatic heterocycles. The third kappa shape index (κ3) is 3.32. The SMILES string of the molecule is CC(C)CCC[C@@H](C)[C@H]1CCC2C3CC=C4C(O)CCC[C@]4(C)C3CC[C@@]21C. The van der Waals surface area contributed by atoms with Crippen molar-refractivity contribution < 1.29 is 5.11 Å². The molecule has 8 atom stereocenters. The molecule has 160 valence electrons. The molecule has 3 saturated carbocycles. The number of aliphatic hydroxyl groups excluding tert-OH is 1. The average molecular weight is 387 g/mol. The van der Waals surface area contributed by atoms with E-state index in [1.54, 1.807) is 0 Å². The molecule has 3 fully saturated rings. The van der Waals surface area contributed by atoms with Gasteiger partial charge in [0.05, 0.1) is 6.10 Å². The second-order valence-electron chi connectivity index (χ2n) is 12.1. The highest BCUT2D eigenvalue weighted by Crippen LogP contribution is 2.67. The lowest BCUT2D eigenvalue weighted by molar-refractivity contribution is -0.0590. The monoisotopic (exact) mass is 386 g/mol. The Hall–Kier alpha value is -0.300. The molecule has 4 rings (SSSR count). The molecule has 0 aromatic carbocycles. The van der Waals surface area contributed by atoms with Crippen LogP contribution in [-0.4, -0.2) is 11.2 Å². The second-order valence-corrected chi connectivity index (χ2v) is 12.1. The predicted octanol–water partition coefficient (Wildman–Crippen LogP) is 7.39. The van der Waals surface area contributed by atoms with E-state index in [0.717, 1.165) is 41.9 Å². The first kappa shape index (κ1) is 21.0. The maximum atomic E-state index is 10.7. The van der Waals surface area contributed by atoms with Crippen LogP contribution in [0.5, 0.6) is 0 Å². The minimum atomic E-state index is -0.148. The number of hydrogen-bond acceptors (Lipinski definition) is 1. The first-order chi connectivity index (χ1) is 13.3. The molecule has 0 spiro atoms. The van der Waals surface area contributed by atoms with Crippen molar-refractivity contribution in [3.63, 3.8) is 0 Å². The molecule has 1 N–H and O–H groups in total. The zero-order valence-electron chi connectivity index (χ0n) is 19.3. The van der Waals surface area contributed by atoms with E-state index in [-0.39, 0.29) is 6.10 Å². The highest BCUT2D eigenvalue weighted by molar-refractivity contribution is 5.27. The first-order valence-corrected chi connectivity index (χ1v) is 12.7. The summed E-state index contributed by atoms with van der Waals surface area (Å²) in [4.78, 5) is 0. The van der Waals surface area contributed by atoms with Crippen LogP contribution in [0.25, 0.3) is 0 Å². The summed E-state index contributed by atoms with van der Waals surface area (Å²) in [5.74, 6) is 5.33. The lowest BCUT2D eigenvalue weighted by Gasteiger charge is -2.58. The molecule has 1 nitrogen and oxygen atoms in total. The number of aliphatic hydroxyl groups is 1. The molecule has 0 bridgehead atoms. The Bertz CT molecular complexity index is 591. The van der Waals surface area contributed by atoms with Crippen molar-refractivity contribution in [2.75, 3.05) is 0 Å². The van der Waals surface area contributed by atoms with Gasteiger partial charge in [0.2, 0.25) is 0 Å². The maximum Gasteiger partial charge on any atom is 0.0755 e. The molecule has 1 heteroatoms. The summed E-state index contributed by atoms with van der Waals surface area (Å²) in [7, 11) is 0. The largest absolute Gasteiger partial charge is 0.389 e. The van der Waals surface area contributed by atoms with Gasteiger partial charge in [-0.3, -0.25) is 0 Å². The molecule has 28 heavy (non-hydrogen) atoms. The second kappa shape index (κ2) is 7.75. The van der Waals surface area contributed by atoms with Crippen molar-refractivity contribution in [2.45, 2.75) is 111 Å². The third-order valence-corrected chi connectivity index (χ3v) is 10.3. The van der Waals surface area contributed by atoms with Crippen molar-refractivity contribution in [2.24, 2.45) is 46.3 Å². The Labute approximate surface area is 174 Å². The zero-order valence-corrected chi connectivity index (χ0v) is 19.3. The van der Waals surface area contributed by atoms with Crippen LogP contribution in [-0.2, 0) is 0 Å². The van der Waals surface area contributed by atoms with Crippen LogP contribution >= 0.6 is 0 Å². The molecular weight excluding hydrogens is 340 g/mol. The smallest absolute Gasteiger partial charge is 0.0755 e. The van der Waals surface area contributed by atoms with Crippen LogP contribution in [0.15, 0.2) is 11.6 Å². The van der Waals surface area contributed by atoms with Gasteiger partial charge in [-0.2, -0.15) is 0 Å². The summed E-state index contributed by atoms with van der Waals surface area (Å²) in [5.41, 5.74) is 2.30. The van der Waals surface area contributed by atoms with Crippen molar-refractivity contribution in [3.05, 3.63) is 11.6 Å². The summed E-state index contributed by atoms with van der Waals surface area (Å²) in [5, 5.41) is 10.7. The molecule has 0 saturated heterocycles. The Balaban J connectivity index is 1.50. The fourth-order valence-electron chi connectivity index (χ4n) is 8.81. The van der Waals surface area contributed by atoms with Crippen LogP contribution in [0, 0.1) is 46.3 Å². The number of hydrogen-bond donors (Lipinski definition) is 1. The van der Waals surface area contributed by atoms with Crippen molar-refractivity contribution in [1.29, 1.82) is 0 Å². The Morgan fingerprint density at radius 3 is 2.54 bits per heavy atom. The summed E-state index contributed by atoms with van der Waals surface area (Å²) >= 11 is 0. The Kier molecular flexibility index (Phi) is 5.80. The molecule has 0 radical (unpaired) electrons. The molecule has 0 heterocycles. The lowest BCUT2D eigenvalue weighted by Crippen LogP contribution is -2.51. The molecule has 0 amide bonds. The van der Waals surface area contributed by atoms with Crippen LogP contribution in [0.3, 0.4) is 0 Å². The van der Waals surface area contributed by atoms with Gasteiger partial charge in [0.15, 0.2) is 0 Å². The number of fused-ring (bicyclic) bond motifs is 5. The summed E-state index contributed by atoms with van der Waals surface area (Å²) in [6.45, 7) is 12.5. The van der Waals surface area contributed by atoms with E-state index in [1.807, 2.05) is 0 Å². The molecule has 4 aliphatic carbocycles. The maximum absolute atomic E-state index is 10.7. The molecule has 4 aliphatic rings. The van der Waals surface area contributed by atoms with E-state index < -0.39 is 0 Å². The predicted molar refractivity (Wildman–Crippen MR) is 119 cm³/mol. The third-order valence-electron chi connectivity index (χ3n) is 10.3. The highest BCUT2D eigenvalue weighted by atomic mass is 16.3. The van der Waals surface area contributed by atoms with E-state index in [2.05, 4.69) is 40.7 Å². The summed E-state index contributed by atoms with van der Waals surface area (Å²) in [6, 6.07) is 0. The average Bonchev–Trinajstić information content (AvgIpc) is 2.98. The molecule has 0 aromatic heterocycles. The quantitative estimate of drug-likeness (QED) is 0.488. The molecule has 4 unspecified atom stereocenters. The van der Waals surface area contributed by atoms with Gasteiger partial charge in [0, 0.05) is 0 Å². The molecule has 0 aromatic rings. The van der Waals surface area contributed by atoms with E-state index >= 15 is 0 Å². The van der Waals surface area contributed by atoms with Crippen molar-refractivity contribution in [3.8, 4) is 0 Å². The highest BCUT2D eigenvalue weighted by Gasteiger charge is 2.59. The van der Waals surface area contributed by atoms with E-state index in [9.17, 15) is 5.11 Å². The summed E-state index contributed by atoms with van der Waals surface area (Å²) < 4.78 is 0. The minimum Gasteiger partial charge on any atom is -0.389 e. The fourth-order valence-corrected chi connectivity index (χ4v) is 8.81. The number of allylic oxidation sites excluding steroid dienone is 1. The fraction of sp³-hybridized carbons (Fsp3) is 0.926. The van der Waals surface area contributed by atoms with Crippen LogP contribution in [0.1, 0.15) is 105 Å².